The number of aromatic nitrogens is 1. The Bertz CT molecular complexity index is 1030. The Labute approximate surface area is 166 Å². The van der Waals surface area contributed by atoms with Gasteiger partial charge in [0.05, 0.1) is 11.1 Å². The van der Waals surface area contributed by atoms with Gasteiger partial charge in [-0.15, -0.1) is 0 Å². The SMILES string of the molecule is O=C(Nc1cccc(-c2ncco2)c1)c1ccc(N2CCNCC2)c([N+](=O)[O-])c1. The first kappa shape index (κ1) is 18.6. The maximum atomic E-state index is 12.7. The zero-order valence-corrected chi connectivity index (χ0v) is 15.5. The third-order valence-electron chi connectivity index (χ3n) is 4.69. The normalized spacial score (nSPS) is 13.9. The smallest absolute Gasteiger partial charge is 0.293 e. The number of rotatable bonds is 5. The molecule has 4 rings (SSSR count). The summed E-state index contributed by atoms with van der Waals surface area (Å²) in [5, 5.41) is 17.6. The summed E-state index contributed by atoms with van der Waals surface area (Å²) >= 11 is 0. The van der Waals surface area contributed by atoms with E-state index in [-0.39, 0.29) is 11.3 Å². The van der Waals surface area contributed by atoms with Gasteiger partial charge in [0.1, 0.15) is 12.0 Å². The number of carbonyl (C=O) groups excluding carboxylic acids is 1. The van der Waals surface area contributed by atoms with Crippen LogP contribution in [0.25, 0.3) is 11.5 Å². The number of anilines is 2. The molecule has 0 unspecified atom stereocenters. The van der Waals surface area contributed by atoms with Crippen LogP contribution >= 0.6 is 0 Å². The van der Waals surface area contributed by atoms with E-state index in [1.54, 1.807) is 36.5 Å². The van der Waals surface area contributed by atoms with Crippen LogP contribution in [0.15, 0.2) is 59.3 Å². The van der Waals surface area contributed by atoms with Crippen LogP contribution in [0.4, 0.5) is 17.1 Å². The molecule has 2 heterocycles. The first-order valence-electron chi connectivity index (χ1n) is 9.17. The number of nitrogens with one attached hydrogen (secondary N) is 2. The largest absolute Gasteiger partial charge is 0.445 e. The van der Waals surface area contributed by atoms with Gasteiger partial charge in [0.25, 0.3) is 11.6 Å². The van der Waals surface area contributed by atoms with Crippen LogP contribution in [0, 0.1) is 10.1 Å². The Hall–Kier alpha value is -3.72. The highest BCUT2D eigenvalue weighted by atomic mass is 16.6. The lowest BCUT2D eigenvalue weighted by Gasteiger charge is -2.29. The Morgan fingerprint density at radius 2 is 2.03 bits per heavy atom. The quantitative estimate of drug-likeness (QED) is 0.506. The molecule has 29 heavy (non-hydrogen) atoms. The van der Waals surface area contributed by atoms with Crippen LogP contribution in [-0.4, -0.2) is 42.0 Å². The van der Waals surface area contributed by atoms with Crippen molar-refractivity contribution in [2.24, 2.45) is 0 Å². The number of carbonyl (C=O) groups is 1. The molecule has 0 aliphatic carbocycles. The van der Waals surface area contributed by atoms with Crippen molar-refractivity contribution in [3.8, 4) is 11.5 Å². The second-order valence-electron chi connectivity index (χ2n) is 6.57. The lowest BCUT2D eigenvalue weighted by Crippen LogP contribution is -2.43. The summed E-state index contributed by atoms with van der Waals surface area (Å²) in [5.74, 6) is 0.0154. The number of hydrogen-bond donors (Lipinski definition) is 2. The lowest BCUT2D eigenvalue weighted by molar-refractivity contribution is -0.384. The molecule has 1 fully saturated rings. The van der Waals surface area contributed by atoms with Gasteiger partial charge in [-0.05, 0) is 30.3 Å². The van der Waals surface area contributed by atoms with E-state index in [1.165, 1.54) is 12.3 Å². The van der Waals surface area contributed by atoms with E-state index in [4.69, 9.17) is 4.42 Å². The molecule has 1 aromatic heterocycles. The van der Waals surface area contributed by atoms with Crippen molar-refractivity contribution in [2.75, 3.05) is 36.4 Å². The van der Waals surface area contributed by atoms with E-state index in [9.17, 15) is 14.9 Å². The van der Waals surface area contributed by atoms with Gasteiger partial charge >= 0.3 is 0 Å². The predicted molar refractivity (Wildman–Crippen MR) is 108 cm³/mol. The van der Waals surface area contributed by atoms with E-state index in [1.807, 2.05) is 11.0 Å². The molecule has 1 saturated heterocycles. The number of oxazole rings is 1. The van der Waals surface area contributed by atoms with Gasteiger partial charge in [0.2, 0.25) is 5.89 Å². The Morgan fingerprint density at radius 1 is 1.21 bits per heavy atom. The summed E-state index contributed by atoms with van der Waals surface area (Å²) in [7, 11) is 0. The summed E-state index contributed by atoms with van der Waals surface area (Å²) in [6.45, 7) is 2.89. The van der Waals surface area contributed by atoms with Gasteiger partial charge < -0.3 is 20.0 Å². The third kappa shape index (κ3) is 4.09. The average Bonchev–Trinajstić information content (AvgIpc) is 3.29. The number of hydrogen-bond acceptors (Lipinski definition) is 7. The molecule has 1 aliphatic heterocycles. The average molecular weight is 393 g/mol. The van der Waals surface area contributed by atoms with E-state index in [2.05, 4.69) is 15.6 Å². The van der Waals surface area contributed by atoms with Crippen LogP contribution in [0.2, 0.25) is 0 Å². The topological polar surface area (TPSA) is 114 Å². The van der Waals surface area contributed by atoms with Gasteiger partial charge in [-0.1, -0.05) is 6.07 Å². The zero-order chi connectivity index (χ0) is 20.2. The number of piperazine rings is 1. The number of nitro benzene ring substituents is 1. The Kier molecular flexibility index (Phi) is 5.21. The maximum Gasteiger partial charge on any atom is 0.293 e. The number of amides is 1. The fourth-order valence-corrected chi connectivity index (χ4v) is 3.28. The molecule has 0 bridgehead atoms. The standard InChI is InChI=1S/C20H19N5O4/c26-19(23-16-3-1-2-15(12-16)20-22-8-11-29-20)14-4-5-17(18(13-14)25(27)28)24-9-6-21-7-10-24/h1-5,8,11-13,21H,6-7,9-10H2,(H,23,26). The number of benzene rings is 2. The highest BCUT2D eigenvalue weighted by molar-refractivity contribution is 6.05. The summed E-state index contributed by atoms with van der Waals surface area (Å²) in [6, 6.07) is 11.6. The van der Waals surface area contributed by atoms with E-state index in [0.717, 1.165) is 13.1 Å². The fourth-order valence-electron chi connectivity index (χ4n) is 3.28. The molecule has 2 aromatic carbocycles. The third-order valence-corrected chi connectivity index (χ3v) is 4.69. The molecule has 0 spiro atoms. The van der Waals surface area contributed by atoms with Crippen LogP contribution in [-0.2, 0) is 0 Å². The van der Waals surface area contributed by atoms with E-state index >= 15 is 0 Å². The zero-order valence-electron chi connectivity index (χ0n) is 15.5. The van der Waals surface area contributed by atoms with Crippen molar-refractivity contribution >= 4 is 23.0 Å². The van der Waals surface area contributed by atoms with Crippen molar-refractivity contribution in [1.29, 1.82) is 0 Å². The minimum absolute atomic E-state index is 0.0758. The predicted octanol–water partition coefficient (Wildman–Crippen LogP) is 2.91. The molecule has 1 amide bonds. The number of nitrogens with zero attached hydrogens (tertiary/aromatic N) is 3. The molecule has 0 atom stereocenters. The Morgan fingerprint density at radius 3 is 2.76 bits per heavy atom. The lowest BCUT2D eigenvalue weighted by atomic mass is 10.1. The minimum Gasteiger partial charge on any atom is -0.445 e. The van der Waals surface area contributed by atoms with Gasteiger partial charge in [-0.3, -0.25) is 14.9 Å². The van der Waals surface area contributed by atoms with Gasteiger partial charge in [-0.25, -0.2) is 4.98 Å². The highest BCUT2D eigenvalue weighted by Crippen LogP contribution is 2.30. The summed E-state index contributed by atoms with van der Waals surface area (Å²) < 4.78 is 5.27. The first-order chi connectivity index (χ1) is 14.1. The van der Waals surface area contributed by atoms with Gasteiger partial charge in [0.15, 0.2) is 0 Å². The van der Waals surface area contributed by atoms with E-state index in [0.29, 0.717) is 35.9 Å². The van der Waals surface area contributed by atoms with Crippen molar-refractivity contribution in [1.82, 2.24) is 10.3 Å². The van der Waals surface area contributed by atoms with Crippen LogP contribution in [0.1, 0.15) is 10.4 Å². The Balaban J connectivity index is 1.56. The second-order valence-corrected chi connectivity index (χ2v) is 6.57. The van der Waals surface area contributed by atoms with Gasteiger partial charge in [0, 0.05) is 49.1 Å². The van der Waals surface area contributed by atoms with Crippen LogP contribution < -0.4 is 15.5 Å². The molecule has 1 aliphatic rings. The molecule has 148 valence electrons. The van der Waals surface area contributed by atoms with Crippen LogP contribution in [0.5, 0.6) is 0 Å². The fraction of sp³-hybridized carbons (Fsp3) is 0.200. The van der Waals surface area contributed by atoms with Crippen molar-refractivity contribution < 1.29 is 14.1 Å². The molecule has 2 N–H and O–H groups in total. The molecule has 0 radical (unpaired) electrons. The van der Waals surface area contributed by atoms with Crippen molar-refractivity contribution in [3.63, 3.8) is 0 Å². The summed E-state index contributed by atoms with van der Waals surface area (Å²) in [5.41, 5.74) is 1.93. The van der Waals surface area contributed by atoms with Crippen molar-refractivity contribution in [3.05, 3.63) is 70.6 Å². The summed E-state index contributed by atoms with van der Waals surface area (Å²) in [4.78, 5) is 29.9. The second kappa shape index (κ2) is 8.11. The molecule has 0 saturated carbocycles. The van der Waals surface area contributed by atoms with Gasteiger partial charge in [-0.2, -0.15) is 0 Å². The molecule has 9 heteroatoms. The number of nitro groups is 1. The minimum atomic E-state index is -0.447. The monoisotopic (exact) mass is 393 g/mol. The molecular weight excluding hydrogens is 374 g/mol. The molecule has 9 nitrogen and oxygen atoms in total. The summed E-state index contributed by atoms with van der Waals surface area (Å²) in [6.07, 6.45) is 3.01. The highest BCUT2D eigenvalue weighted by Gasteiger charge is 2.23. The first-order valence-corrected chi connectivity index (χ1v) is 9.17. The van der Waals surface area contributed by atoms with Crippen molar-refractivity contribution in [2.45, 2.75) is 0 Å². The van der Waals surface area contributed by atoms with Crippen LogP contribution in [0.3, 0.4) is 0 Å². The molecule has 3 aromatic rings. The van der Waals surface area contributed by atoms with E-state index < -0.39 is 10.8 Å². The molecular formula is C20H19N5O4. The maximum absolute atomic E-state index is 12.7.